The van der Waals surface area contributed by atoms with Gasteiger partial charge in [-0.2, -0.15) is 0 Å². The third-order valence-corrected chi connectivity index (χ3v) is 5.82. The first-order valence-corrected chi connectivity index (χ1v) is 12.2. The minimum atomic E-state index is -0.873. The predicted molar refractivity (Wildman–Crippen MR) is 142 cm³/mol. The minimum Gasteiger partial charge on any atom is -0.507 e. The van der Waals surface area contributed by atoms with E-state index >= 15 is 0 Å². The number of amides is 1. The molecule has 1 N–H and O–H groups in total. The highest BCUT2D eigenvalue weighted by Crippen LogP contribution is 2.43. The second-order valence-corrected chi connectivity index (χ2v) is 9.30. The van der Waals surface area contributed by atoms with E-state index in [1.807, 2.05) is 27.7 Å². The third-order valence-electron chi connectivity index (χ3n) is 5.82. The number of anilines is 1. The zero-order chi connectivity index (χ0) is 26.7. The van der Waals surface area contributed by atoms with Crippen molar-refractivity contribution < 1.29 is 28.9 Å². The fourth-order valence-electron chi connectivity index (χ4n) is 4.33. The Morgan fingerprint density at radius 3 is 2.08 bits per heavy atom. The molecule has 192 valence electrons. The third kappa shape index (κ3) is 5.45. The lowest BCUT2D eigenvalue weighted by Crippen LogP contribution is -2.29. The summed E-state index contributed by atoms with van der Waals surface area (Å²) in [5.74, 6) is -0.0228. The Bertz CT molecular complexity index is 1330. The molecule has 0 bridgehead atoms. The van der Waals surface area contributed by atoms with Crippen molar-refractivity contribution in [1.29, 1.82) is 0 Å². The number of aliphatic hydroxyl groups excluding tert-OH is 1. The normalized spacial score (nSPS) is 16.9. The number of rotatable bonds is 8. The Labute approximate surface area is 216 Å². The number of hydrogen-bond acceptors (Lipinski definition) is 6. The summed E-state index contributed by atoms with van der Waals surface area (Å²) in [6, 6.07) is 20.0. The molecule has 0 aliphatic carbocycles. The summed E-state index contributed by atoms with van der Waals surface area (Å²) < 4.78 is 16.9. The second-order valence-electron chi connectivity index (χ2n) is 9.30. The summed E-state index contributed by atoms with van der Waals surface area (Å²) in [4.78, 5) is 28.2. The highest BCUT2D eigenvalue weighted by Gasteiger charge is 2.47. The van der Waals surface area contributed by atoms with E-state index in [2.05, 4.69) is 0 Å². The lowest BCUT2D eigenvalue weighted by molar-refractivity contribution is -0.132. The Morgan fingerprint density at radius 2 is 1.43 bits per heavy atom. The van der Waals surface area contributed by atoms with Crippen LogP contribution >= 0.6 is 0 Å². The van der Waals surface area contributed by atoms with Crippen LogP contribution in [0.4, 0.5) is 5.69 Å². The smallest absolute Gasteiger partial charge is 0.300 e. The monoisotopic (exact) mass is 501 g/mol. The van der Waals surface area contributed by atoms with Gasteiger partial charge < -0.3 is 19.3 Å². The predicted octanol–water partition coefficient (Wildman–Crippen LogP) is 5.90. The highest BCUT2D eigenvalue weighted by atomic mass is 16.5. The summed E-state index contributed by atoms with van der Waals surface area (Å²) in [6.45, 7) is 7.66. The Morgan fingerprint density at radius 1 is 0.811 bits per heavy atom. The van der Waals surface area contributed by atoms with Crippen LogP contribution in [0.25, 0.3) is 5.76 Å². The van der Waals surface area contributed by atoms with E-state index in [-0.39, 0.29) is 23.5 Å². The summed E-state index contributed by atoms with van der Waals surface area (Å²) in [6.07, 6.45) is -0.0743. The fourth-order valence-corrected chi connectivity index (χ4v) is 4.33. The Kier molecular flexibility index (Phi) is 7.53. The van der Waals surface area contributed by atoms with Crippen LogP contribution in [0.3, 0.4) is 0 Å². The van der Waals surface area contributed by atoms with E-state index in [1.54, 1.807) is 79.9 Å². The zero-order valence-electron chi connectivity index (χ0n) is 21.6. The van der Waals surface area contributed by atoms with Gasteiger partial charge in [-0.25, -0.2) is 0 Å². The number of aliphatic hydroxyl groups is 1. The van der Waals surface area contributed by atoms with Crippen LogP contribution in [0.5, 0.6) is 17.2 Å². The first kappa shape index (κ1) is 25.8. The van der Waals surface area contributed by atoms with Crippen molar-refractivity contribution in [3.8, 4) is 17.2 Å². The topological polar surface area (TPSA) is 85.3 Å². The molecule has 0 radical (unpaired) electrons. The number of Topliss-reactive ketones (excluding diaryl/α,β-unsaturated/α-hetero) is 1. The minimum absolute atomic E-state index is 0.00713. The van der Waals surface area contributed by atoms with Gasteiger partial charge in [-0.3, -0.25) is 14.5 Å². The van der Waals surface area contributed by atoms with Crippen LogP contribution in [0, 0.1) is 0 Å². The fraction of sp³-hybridized carbons (Fsp3) is 0.267. The number of ether oxygens (including phenoxy) is 3. The van der Waals surface area contributed by atoms with Gasteiger partial charge in [-0.05, 0) is 81.8 Å². The van der Waals surface area contributed by atoms with Crippen molar-refractivity contribution in [1.82, 2.24) is 0 Å². The molecule has 4 rings (SSSR count). The number of methoxy groups -OCH3 is 1. The maximum Gasteiger partial charge on any atom is 0.300 e. The molecule has 1 unspecified atom stereocenters. The van der Waals surface area contributed by atoms with Crippen molar-refractivity contribution in [2.24, 2.45) is 0 Å². The van der Waals surface area contributed by atoms with E-state index in [4.69, 9.17) is 14.2 Å². The molecule has 3 aromatic carbocycles. The molecule has 1 aliphatic heterocycles. The summed E-state index contributed by atoms with van der Waals surface area (Å²) in [5.41, 5.74) is 1.49. The molecule has 7 heteroatoms. The SMILES string of the molecule is COc1cccc(C2/C(=C(/O)c3cccc(OC(C)C)c3)C(=O)C(=O)N2c2ccc(OC(C)C)cc2)c1. The molecule has 1 aliphatic rings. The van der Waals surface area contributed by atoms with Gasteiger partial charge in [0.25, 0.3) is 11.7 Å². The van der Waals surface area contributed by atoms with Crippen molar-refractivity contribution >= 4 is 23.1 Å². The van der Waals surface area contributed by atoms with E-state index in [0.717, 1.165) is 0 Å². The van der Waals surface area contributed by atoms with Gasteiger partial charge in [-0.15, -0.1) is 0 Å². The van der Waals surface area contributed by atoms with Crippen LogP contribution in [0.1, 0.15) is 44.9 Å². The molecule has 1 heterocycles. The molecule has 3 aromatic rings. The van der Waals surface area contributed by atoms with Gasteiger partial charge in [0.05, 0.1) is 30.9 Å². The van der Waals surface area contributed by atoms with Gasteiger partial charge in [0.15, 0.2) is 0 Å². The van der Waals surface area contributed by atoms with Gasteiger partial charge in [0.1, 0.15) is 23.0 Å². The lowest BCUT2D eigenvalue weighted by Gasteiger charge is -2.26. The van der Waals surface area contributed by atoms with Gasteiger partial charge in [0, 0.05) is 11.3 Å². The van der Waals surface area contributed by atoms with Crippen LogP contribution in [-0.4, -0.2) is 36.1 Å². The van der Waals surface area contributed by atoms with Crippen LogP contribution in [0.2, 0.25) is 0 Å². The number of carbonyl (C=O) groups excluding carboxylic acids is 2. The Balaban J connectivity index is 1.87. The van der Waals surface area contributed by atoms with Crippen molar-refractivity contribution in [3.63, 3.8) is 0 Å². The molecule has 7 nitrogen and oxygen atoms in total. The number of ketones is 1. The second kappa shape index (κ2) is 10.8. The average molecular weight is 502 g/mol. The van der Waals surface area contributed by atoms with Crippen molar-refractivity contribution in [2.75, 3.05) is 12.0 Å². The highest BCUT2D eigenvalue weighted by molar-refractivity contribution is 6.51. The standard InChI is InChI=1S/C30H31NO6/c1-18(2)36-23-14-12-22(13-15-23)31-27(20-8-6-10-24(16-20)35-5)26(29(33)30(31)34)28(32)21-9-7-11-25(17-21)37-19(3)4/h6-19,27,32H,1-5H3/b28-26-. The van der Waals surface area contributed by atoms with Gasteiger partial charge >= 0.3 is 0 Å². The van der Waals surface area contributed by atoms with E-state index in [1.165, 1.54) is 4.90 Å². The Hall–Kier alpha value is -4.26. The summed E-state index contributed by atoms with van der Waals surface area (Å²) in [7, 11) is 1.55. The van der Waals surface area contributed by atoms with Crippen LogP contribution in [-0.2, 0) is 9.59 Å². The van der Waals surface area contributed by atoms with Gasteiger partial charge in [0.2, 0.25) is 0 Å². The maximum atomic E-state index is 13.4. The maximum absolute atomic E-state index is 13.4. The molecule has 1 fully saturated rings. The largest absolute Gasteiger partial charge is 0.507 e. The number of nitrogens with zero attached hydrogens (tertiary/aromatic N) is 1. The van der Waals surface area contributed by atoms with Crippen LogP contribution in [0.15, 0.2) is 78.4 Å². The molecular formula is C30H31NO6. The average Bonchev–Trinajstić information content (AvgIpc) is 3.14. The van der Waals surface area contributed by atoms with Crippen molar-refractivity contribution in [2.45, 2.75) is 45.9 Å². The zero-order valence-corrected chi connectivity index (χ0v) is 21.6. The first-order chi connectivity index (χ1) is 17.7. The molecule has 1 atom stereocenters. The van der Waals surface area contributed by atoms with E-state index < -0.39 is 17.7 Å². The molecule has 1 saturated heterocycles. The van der Waals surface area contributed by atoms with Crippen LogP contribution < -0.4 is 19.1 Å². The van der Waals surface area contributed by atoms with E-state index in [9.17, 15) is 14.7 Å². The molecule has 0 aromatic heterocycles. The molecule has 1 amide bonds. The quantitative estimate of drug-likeness (QED) is 0.235. The van der Waals surface area contributed by atoms with Gasteiger partial charge in [-0.1, -0.05) is 24.3 Å². The number of benzene rings is 3. The summed E-state index contributed by atoms with van der Waals surface area (Å²) in [5, 5.41) is 11.4. The molecule has 0 spiro atoms. The number of hydrogen-bond donors (Lipinski definition) is 1. The lowest BCUT2D eigenvalue weighted by atomic mass is 9.95. The molecule has 37 heavy (non-hydrogen) atoms. The van der Waals surface area contributed by atoms with Crippen molar-refractivity contribution in [3.05, 3.63) is 89.5 Å². The molecular weight excluding hydrogens is 470 g/mol. The first-order valence-electron chi connectivity index (χ1n) is 12.2. The van der Waals surface area contributed by atoms with E-state index in [0.29, 0.717) is 34.1 Å². The molecule has 0 saturated carbocycles. The number of carbonyl (C=O) groups is 2. The summed E-state index contributed by atoms with van der Waals surface area (Å²) >= 11 is 0.